The number of rotatable bonds is 4. The molecular formula is C11H14BrNO3. The summed E-state index contributed by atoms with van der Waals surface area (Å²) >= 11 is 3.33. The molecule has 0 bridgehead atoms. The molecule has 1 aromatic carbocycles. The first kappa shape index (κ1) is 13.0. The van der Waals surface area contributed by atoms with Gasteiger partial charge in [0.1, 0.15) is 11.8 Å². The molecule has 0 fully saturated rings. The molecule has 1 unspecified atom stereocenters. The summed E-state index contributed by atoms with van der Waals surface area (Å²) in [5.74, 6) is -0.285. The van der Waals surface area contributed by atoms with E-state index in [9.17, 15) is 9.90 Å². The van der Waals surface area contributed by atoms with Crippen molar-refractivity contribution >= 4 is 21.9 Å². The molecule has 0 radical (unpaired) electrons. The second-order valence-corrected chi connectivity index (χ2v) is 4.19. The van der Waals surface area contributed by atoms with E-state index in [2.05, 4.69) is 15.9 Å². The summed E-state index contributed by atoms with van der Waals surface area (Å²) in [6.07, 6.45) is 0.327. The van der Waals surface area contributed by atoms with Gasteiger partial charge in [-0.3, -0.25) is 4.79 Å². The standard InChI is InChI=1S/C11H14BrNO3/c1-2-16-11(15)10(13)6-7-5-8(14)3-4-9(7)12/h3-5,10,14H,2,6,13H2,1H3. The molecule has 0 heterocycles. The maximum absolute atomic E-state index is 11.3. The number of hydrogen-bond donors (Lipinski definition) is 2. The zero-order valence-electron chi connectivity index (χ0n) is 8.94. The van der Waals surface area contributed by atoms with Crippen LogP contribution in [-0.4, -0.2) is 23.7 Å². The van der Waals surface area contributed by atoms with Crippen molar-refractivity contribution in [1.82, 2.24) is 0 Å². The van der Waals surface area contributed by atoms with E-state index in [4.69, 9.17) is 10.5 Å². The number of aromatic hydroxyl groups is 1. The van der Waals surface area contributed by atoms with Gasteiger partial charge in [-0.15, -0.1) is 0 Å². The van der Waals surface area contributed by atoms with Gasteiger partial charge >= 0.3 is 5.97 Å². The number of ether oxygens (including phenoxy) is 1. The topological polar surface area (TPSA) is 72.5 Å². The smallest absolute Gasteiger partial charge is 0.323 e. The van der Waals surface area contributed by atoms with Crippen molar-refractivity contribution in [2.75, 3.05) is 6.61 Å². The molecule has 0 aliphatic rings. The summed E-state index contributed by atoms with van der Waals surface area (Å²) < 4.78 is 5.61. The molecule has 4 nitrogen and oxygen atoms in total. The molecule has 88 valence electrons. The van der Waals surface area contributed by atoms with E-state index in [1.54, 1.807) is 25.1 Å². The Morgan fingerprint density at radius 1 is 1.62 bits per heavy atom. The molecule has 1 atom stereocenters. The van der Waals surface area contributed by atoms with Crippen molar-refractivity contribution in [3.8, 4) is 5.75 Å². The van der Waals surface area contributed by atoms with E-state index in [0.717, 1.165) is 10.0 Å². The second-order valence-electron chi connectivity index (χ2n) is 3.34. The summed E-state index contributed by atoms with van der Waals surface area (Å²) in [7, 11) is 0. The molecule has 0 saturated heterocycles. The lowest BCUT2D eigenvalue weighted by Gasteiger charge is -2.11. The van der Waals surface area contributed by atoms with Crippen LogP contribution in [0.25, 0.3) is 0 Å². The highest BCUT2D eigenvalue weighted by Crippen LogP contribution is 2.22. The molecule has 0 amide bonds. The van der Waals surface area contributed by atoms with Crippen molar-refractivity contribution in [2.45, 2.75) is 19.4 Å². The molecule has 16 heavy (non-hydrogen) atoms. The molecule has 0 spiro atoms. The normalized spacial score (nSPS) is 12.2. The lowest BCUT2D eigenvalue weighted by Crippen LogP contribution is -2.34. The number of carbonyl (C=O) groups excluding carboxylic acids is 1. The molecule has 0 aliphatic heterocycles. The predicted octanol–water partition coefficient (Wildman–Crippen LogP) is 1.59. The van der Waals surface area contributed by atoms with Gasteiger partial charge < -0.3 is 15.6 Å². The van der Waals surface area contributed by atoms with Crippen molar-refractivity contribution in [3.05, 3.63) is 28.2 Å². The maximum Gasteiger partial charge on any atom is 0.323 e. The number of phenols is 1. The third-order valence-electron chi connectivity index (χ3n) is 2.06. The summed E-state index contributed by atoms with van der Waals surface area (Å²) in [4.78, 5) is 11.3. The van der Waals surface area contributed by atoms with E-state index in [1.165, 1.54) is 0 Å². The number of carbonyl (C=O) groups is 1. The minimum atomic E-state index is -0.710. The summed E-state index contributed by atoms with van der Waals surface area (Å²) in [6.45, 7) is 2.04. The zero-order valence-corrected chi connectivity index (χ0v) is 10.5. The van der Waals surface area contributed by atoms with Crippen LogP contribution < -0.4 is 5.73 Å². The number of benzene rings is 1. The SMILES string of the molecule is CCOC(=O)C(N)Cc1cc(O)ccc1Br. The predicted molar refractivity (Wildman–Crippen MR) is 64.1 cm³/mol. The van der Waals surface area contributed by atoms with E-state index < -0.39 is 12.0 Å². The minimum absolute atomic E-state index is 0.147. The monoisotopic (exact) mass is 287 g/mol. The maximum atomic E-state index is 11.3. The van der Waals surface area contributed by atoms with Crippen molar-refractivity contribution in [2.24, 2.45) is 5.73 Å². The van der Waals surface area contributed by atoms with Gasteiger partial charge in [-0.05, 0) is 37.1 Å². The minimum Gasteiger partial charge on any atom is -0.508 e. The van der Waals surface area contributed by atoms with Gasteiger partial charge in [-0.1, -0.05) is 15.9 Å². The van der Waals surface area contributed by atoms with Gasteiger partial charge in [-0.25, -0.2) is 0 Å². The van der Waals surface area contributed by atoms with Crippen molar-refractivity contribution in [1.29, 1.82) is 0 Å². The first-order valence-electron chi connectivity index (χ1n) is 4.94. The first-order chi connectivity index (χ1) is 7.54. The number of esters is 1. The van der Waals surface area contributed by atoms with Crippen LogP contribution in [0.4, 0.5) is 0 Å². The van der Waals surface area contributed by atoms with Gasteiger partial charge in [0.05, 0.1) is 6.61 Å². The van der Waals surface area contributed by atoms with E-state index in [-0.39, 0.29) is 5.75 Å². The van der Waals surface area contributed by atoms with Crippen LogP contribution in [0.15, 0.2) is 22.7 Å². The highest BCUT2D eigenvalue weighted by molar-refractivity contribution is 9.10. The number of nitrogens with two attached hydrogens (primary N) is 1. The van der Waals surface area contributed by atoms with Gasteiger partial charge in [0.15, 0.2) is 0 Å². The van der Waals surface area contributed by atoms with Crippen LogP contribution in [0.2, 0.25) is 0 Å². The molecule has 0 aromatic heterocycles. The highest BCUT2D eigenvalue weighted by atomic mass is 79.9. The van der Waals surface area contributed by atoms with E-state index in [1.807, 2.05) is 0 Å². The van der Waals surface area contributed by atoms with Gasteiger partial charge in [0.25, 0.3) is 0 Å². The summed E-state index contributed by atoms with van der Waals surface area (Å²) in [5, 5.41) is 9.31. The van der Waals surface area contributed by atoms with E-state index >= 15 is 0 Å². The van der Waals surface area contributed by atoms with Gasteiger partial charge in [-0.2, -0.15) is 0 Å². The van der Waals surface area contributed by atoms with Crippen LogP contribution in [-0.2, 0) is 16.0 Å². The van der Waals surface area contributed by atoms with Crippen LogP contribution in [0.3, 0.4) is 0 Å². The molecule has 0 aliphatic carbocycles. The highest BCUT2D eigenvalue weighted by Gasteiger charge is 2.16. The quantitative estimate of drug-likeness (QED) is 0.825. The Morgan fingerprint density at radius 3 is 2.94 bits per heavy atom. The van der Waals surface area contributed by atoms with E-state index in [0.29, 0.717) is 13.0 Å². The molecular weight excluding hydrogens is 274 g/mol. The van der Waals surface area contributed by atoms with Crippen LogP contribution >= 0.6 is 15.9 Å². The number of halogens is 1. The molecule has 1 aromatic rings. The summed E-state index contributed by atoms with van der Waals surface area (Å²) in [5.41, 5.74) is 6.46. The van der Waals surface area contributed by atoms with Crippen LogP contribution in [0.5, 0.6) is 5.75 Å². The molecule has 5 heteroatoms. The van der Waals surface area contributed by atoms with Gasteiger partial charge in [0.2, 0.25) is 0 Å². The summed E-state index contributed by atoms with van der Waals surface area (Å²) in [6, 6.07) is 4.13. The fourth-order valence-electron chi connectivity index (χ4n) is 1.29. The lowest BCUT2D eigenvalue weighted by atomic mass is 10.1. The Balaban J connectivity index is 2.72. The van der Waals surface area contributed by atoms with Crippen molar-refractivity contribution < 1.29 is 14.6 Å². The third kappa shape index (κ3) is 3.50. The van der Waals surface area contributed by atoms with Crippen molar-refractivity contribution in [3.63, 3.8) is 0 Å². The molecule has 3 N–H and O–H groups in total. The first-order valence-corrected chi connectivity index (χ1v) is 5.73. The third-order valence-corrected chi connectivity index (χ3v) is 2.83. The fraction of sp³-hybridized carbons (Fsp3) is 0.364. The Bertz CT molecular complexity index is 381. The van der Waals surface area contributed by atoms with Gasteiger partial charge in [0, 0.05) is 4.47 Å². The van der Waals surface area contributed by atoms with Crippen LogP contribution in [0.1, 0.15) is 12.5 Å². The van der Waals surface area contributed by atoms with Crippen LogP contribution in [0, 0.1) is 0 Å². The Hall–Kier alpha value is -1.07. The lowest BCUT2D eigenvalue weighted by molar-refractivity contribution is -0.144. The Kier molecular flexibility index (Phi) is 4.76. The average Bonchev–Trinajstić information content (AvgIpc) is 2.23. The number of phenolic OH excluding ortho intramolecular Hbond substituents is 1. The fourth-order valence-corrected chi connectivity index (χ4v) is 1.70. The zero-order chi connectivity index (χ0) is 12.1. The number of hydrogen-bond acceptors (Lipinski definition) is 4. The second kappa shape index (κ2) is 5.86. The molecule has 0 saturated carbocycles. The Labute approximate surface area is 103 Å². The molecule has 1 rings (SSSR count). The largest absolute Gasteiger partial charge is 0.508 e. The average molecular weight is 288 g/mol. The Morgan fingerprint density at radius 2 is 2.31 bits per heavy atom.